The summed E-state index contributed by atoms with van der Waals surface area (Å²) in [6, 6.07) is 5.16. The summed E-state index contributed by atoms with van der Waals surface area (Å²) in [5, 5.41) is 12.2. The number of nitrogens with zero attached hydrogens (tertiary/aromatic N) is 5. The number of aryl methyl sites for hydroxylation is 1. The smallest absolute Gasteiger partial charge is 0.240 e. The Kier molecular flexibility index (Phi) is 5.94. The van der Waals surface area contributed by atoms with Crippen LogP contribution in [0.3, 0.4) is 0 Å². The number of ether oxygens (including phenoxy) is 1. The van der Waals surface area contributed by atoms with E-state index in [0.717, 1.165) is 18.4 Å². The molecule has 1 fully saturated rings. The molecule has 0 saturated carbocycles. The number of piperidine rings is 1. The second-order valence-electron chi connectivity index (χ2n) is 6.34. The van der Waals surface area contributed by atoms with Crippen LogP contribution >= 0.6 is 11.8 Å². The van der Waals surface area contributed by atoms with Gasteiger partial charge in [-0.25, -0.2) is 0 Å². The molecule has 0 spiro atoms. The molecule has 1 aliphatic heterocycles. The molecule has 0 radical (unpaired) electrons. The van der Waals surface area contributed by atoms with E-state index in [4.69, 9.17) is 10.5 Å². The molecular formula is C17H22N6O3S. The minimum atomic E-state index is -0.528. The van der Waals surface area contributed by atoms with Gasteiger partial charge in [-0.3, -0.25) is 9.59 Å². The van der Waals surface area contributed by atoms with E-state index in [9.17, 15) is 9.59 Å². The van der Waals surface area contributed by atoms with Crippen LogP contribution in [0.2, 0.25) is 0 Å². The second kappa shape index (κ2) is 8.38. The average molecular weight is 390 g/mol. The molecule has 0 bridgehead atoms. The molecule has 1 saturated heterocycles. The summed E-state index contributed by atoms with van der Waals surface area (Å²) in [7, 11) is 1.58. The number of nitrogens with two attached hydrogens (primary N) is 1. The number of primary amides is 1. The van der Waals surface area contributed by atoms with Crippen molar-refractivity contribution in [2.45, 2.75) is 37.4 Å². The number of aromatic nitrogens is 4. The fraction of sp³-hybridized carbons (Fsp3) is 0.471. The monoisotopic (exact) mass is 390 g/mol. The Morgan fingerprint density at radius 3 is 2.93 bits per heavy atom. The maximum absolute atomic E-state index is 12.6. The van der Waals surface area contributed by atoms with Crippen molar-refractivity contribution >= 4 is 23.6 Å². The Hall–Kier alpha value is -2.62. The van der Waals surface area contributed by atoms with Gasteiger partial charge in [-0.1, -0.05) is 17.8 Å². The van der Waals surface area contributed by atoms with E-state index >= 15 is 0 Å². The van der Waals surface area contributed by atoms with E-state index in [1.807, 2.05) is 25.1 Å². The predicted octanol–water partition coefficient (Wildman–Crippen LogP) is 0.938. The Bertz CT molecular complexity index is 840. The molecule has 2 N–H and O–H groups in total. The number of amides is 2. The van der Waals surface area contributed by atoms with Gasteiger partial charge in [0.1, 0.15) is 17.5 Å². The van der Waals surface area contributed by atoms with Gasteiger partial charge >= 0.3 is 0 Å². The molecule has 3 rings (SSSR count). The fourth-order valence-electron chi connectivity index (χ4n) is 3.12. The summed E-state index contributed by atoms with van der Waals surface area (Å²) < 4.78 is 6.94. The third-order valence-corrected chi connectivity index (χ3v) is 5.38. The van der Waals surface area contributed by atoms with Crippen LogP contribution in [0.15, 0.2) is 23.4 Å². The molecule has 1 aliphatic rings. The molecule has 2 amide bonds. The van der Waals surface area contributed by atoms with Gasteiger partial charge in [0.15, 0.2) is 0 Å². The van der Waals surface area contributed by atoms with Crippen molar-refractivity contribution in [2.75, 3.05) is 19.4 Å². The number of methoxy groups -OCH3 is 1. The highest BCUT2D eigenvalue weighted by Gasteiger charge is 2.30. The number of thioether (sulfide) groups is 1. The van der Waals surface area contributed by atoms with E-state index in [1.165, 1.54) is 11.8 Å². The number of likely N-dealkylation sites (tertiary alicyclic amines) is 1. The molecule has 10 heteroatoms. The highest BCUT2D eigenvalue weighted by molar-refractivity contribution is 7.99. The number of rotatable bonds is 6. The number of tetrazole rings is 1. The Morgan fingerprint density at radius 2 is 2.19 bits per heavy atom. The highest BCUT2D eigenvalue weighted by Crippen LogP contribution is 2.27. The van der Waals surface area contributed by atoms with Crippen molar-refractivity contribution in [1.29, 1.82) is 0 Å². The normalized spacial score (nSPS) is 17.0. The van der Waals surface area contributed by atoms with Gasteiger partial charge in [-0.15, -0.1) is 5.10 Å². The molecule has 1 aromatic carbocycles. The van der Waals surface area contributed by atoms with Gasteiger partial charge in [-0.05, 0) is 54.3 Å². The molecule has 1 aromatic heterocycles. The quantitative estimate of drug-likeness (QED) is 0.730. The highest BCUT2D eigenvalue weighted by atomic mass is 32.2. The van der Waals surface area contributed by atoms with Gasteiger partial charge in [0, 0.05) is 6.54 Å². The predicted molar refractivity (Wildman–Crippen MR) is 99.7 cm³/mol. The van der Waals surface area contributed by atoms with Crippen LogP contribution in [0, 0.1) is 6.92 Å². The number of carbonyl (C=O) groups is 2. The van der Waals surface area contributed by atoms with Gasteiger partial charge in [-0.2, -0.15) is 4.68 Å². The molecule has 27 heavy (non-hydrogen) atoms. The first kappa shape index (κ1) is 19.2. The van der Waals surface area contributed by atoms with E-state index in [1.54, 1.807) is 16.7 Å². The summed E-state index contributed by atoms with van der Waals surface area (Å²) >= 11 is 1.22. The van der Waals surface area contributed by atoms with Crippen LogP contribution in [-0.2, 0) is 9.59 Å². The first-order valence-corrected chi connectivity index (χ1v) is 9.65. The maximum Gasteiger partial charge on any atom is 0.240 e. The summed E-state index contributed by atoms with van der Waals surface area (Å²) in [4.78, 5) is 25.8. The second-order valence-corrected chi connectivity index (χ2v) is 7.28. The molecule has 144 valence electrons. The molecule has 1 atom stereocenters. The Balaban J connectivity index is 1.75. The van der Waals surface area contributed by atoms with Crippen LogP contribution in [0.5, 0.6) is 5.75 Å². The zero-order valence-corrected chi connectivity index (χ0v) is 16.1. The standard InChI is InChI=1S/C17H22N6O3S/c1-11-6-7-14(26-2)13(9-11)23-17(19-20-21-23)27-10-15(24)22-8-4-3-5-12(22)16(18)25/h6-7,9,12H,3-5,8,10H2,1-2H3,(H2,18,25)/t12-/m0/s1. The van der Waals surface area contributed by atoms with Crippen molar-refractivity contribution in [3.8, 4) is 11.4 Å². The molecule has 0 aliphatic carbocycles. The van der Waals surface area contributed by atoms with Crippen LogP contribution < -0.4 is 10.5 Å². The van der Waals surface area contributed by atoms with E-state index < -0.39 is 11.9 Å². The summed E-state index contributed by atoms with van der Waals surface area (Å²) in [6.07, 6.45) is 2.39. The molecule has 2 heterocycles. The van der Waals surface area contributed by atoms with E-state index in [2.05, 4.69) is 15.5 Å². The Morgan fingerprint density at radius 1 is 1.37 bits per heavy atom. The van der Waals surface area contributed by atoms with Crippen molar-refractivity contribution in [1.82, 2.24) is 25.1 Å². The fourth-order valence-corrected chi connectivity index (χ4v) is 3.89. The zero-order valence-electron chi connectivity index (χ0n) is 15.3. The lowest BCUT2D eigenvalue weighted by Crippen LogP contribution is -2.51. The van der Waals surface area contributed by atoms with Gasteiger partial charge in [0.2, 0.25) is 17.0 Å². The number of benzene rings is 1. The van der Waals surface area contributed by atoms with Crippen molar-refractivity contribution in [3.63, 3.8) is 0 Å². The number of carbonyl (C=O) groups excluding carboxylic acids is 2. The van der Waals surface area contributed by atoms with Gasteiger partial charge < -0.3 is 15.4 Å². The van der Waals surface area contributed by atoms with E-state index in [-0.39, 0.29) is 11.7 Å². The summed E-state index contributed by atoms with van der Waals surface area (Å²) in [6.45, 7) is 2.51. The third-order valence-electron chi connectivity index (χ3n) is 4.48. The average Bonchev–Trinajstić information content (AvgIpc) is 3.14. The Labute approximate surface area is 161 Å². The number of hydrogen-bond donors (Lipinski definition) is 1. The summed E-state index contributed by atoms with van der Waals surface area (Å²) in [5.41, 5.74) is 7.18. The van der Waals surface area contributed by atoms with E-state index in [0.29, 0.717) is 29.6 Å². The number of hydrogen-bond acceptors (Lipinski definition) is 7. The zero-order chi connectivity index (χ0) is 19.4. The lowest BCUT2D eigenvalue weighted by atomic mass is 10.0. The summed E-state index contributed by atoms with van der Waals surface area (Å²) in [5.74, 6) is 0.153. The van der Waals surface area contributed by atoms with Gasteiger partial charge in [0.25, 0.3) is 0 Å². The lowest BCUT2D eigenvalue weighted by Gasteiger charge is -2.33. The SMILES string of the molecule is COc1ccc(C)cc1-n1nnnc1SCC(=O)N1CCCC[C@H]1C(N)=O. The topological polar surface area (TPSA) is 116 Å². The first-order chi connectivity index (χ1) is 13.0. The molecule has 9 nitrogen and oxygen atoms in total. The first-order valence-electron chi connectivity index (χ1n) is 8.66. The molecule has 0 unspecified atom stereocenters. The van der Waals surface area contributed by atoms with Crippen LogP contribution in [0.25, 0.3) is 5.69 Å². The largest absolute Gasteiger partial charge is 0.494 e. The minimum Gasteiger partial charge on any atom is -0.494 e. The van der Waals surface area contributed by atoms with Gasteiger partial charge in [0.05, 0.1) is 12.9 Å². The van der Waals surface area contributed by atoms with Crippen molar-refractivity contribution in [3.05, 3.63) is 23.8 Å². The maximum atomic E-state index is 12.6. The van der Waals surface area contributed by atoms with Crippen molar-refractivity contribution in [2.24, 2.45) is 5.73 Å². The molecule has 2 aromatic rings. The van der Waals surface area contributed by atoms with Crippen molar-refractivity contribution < 1.29 is 14.3 Å². The minimum absolute atomic E-state index is 0.123. The van der Waals surface area contributed by atoms with Crippen LogP contribution in [0.4, 0.5) is 0 Å². The van der Waals surface area contributed by atoms with Crippen LogP contribution in [-0.4, -0.2) is 62.4 Å². The third kappa shape index (κ3) is 4.21. The molecular weight excluding hydrogens is 368 g/mol. The lowest BCUT2D eigenvalue weighted by molar-refractivity contribution is -0.138. The van der Waals surface area contributed by atoms with Crippen LogP contribution in [0.1, 0.15) is 24.8 Å².